The Labute approximate surface area is 196 Å². The second-order valence-corrected chi connectivity index (χ2v) is 7.62. The fourth-order valence-electron chi connectivity index (χ4n) is 2.77. The molecule has 8 nitrogen and oxygen atoms in total. The van der Waals surface area contributed by atoms with Crippen molar-refractivity contribution < 1.29 is 18.3 Å². The van der Waals surface area contributed by atoms with E-state index in [1.165, 1.54) is 31.4 Å². The van der Waals surface area contributed by atoms with E-state index in [1.807, 2.05) is 6.07 Å². The first-order valence-electron chi connectivity index (χ1n) is 9.15. The molecular formula is C21H15Cl2F2N5O3. The number of methoxy groups -OCH3 is 1. The molecule has 3 rings (SSSR count). The summed E-state index contributed by atoms with van der Waals surface area (Å²) in [5.41, 5.74) is -1.96. The van der Waals surface area contributed by atoms with Crippen molar-refractivity contribution in [2.75, 3.05) is 7.11 Å². The van der Waals surface area contributed by atoms with Crippen molar-refractivity contribution >= 4 is 23.2 Å². The maximum atomic E-state index is 14.9. The fourth-order valence-corrected chi connectivity index (χ4v) is 3.16. The summed E-state index contributed by atoms with van der Waals surface area (Å²) in [6, 6.07) is 7.16. The van der Waals surface area contributed by atoms with Gasteiger partial charge in [-0.3, -0.25) is 9.36 Å². The van der Waals surface area contributed by atoms with Gasteiger partial charge in [0.1, 0.15) is 5.75 Å². The van der Waals surface area contributed by atoms with Crippen molar-refractivity contribution in [2.24, 2.45) is 0 Å². The number of alkyl halides is 2. The number of nitrogens with zero attached hydrogens (tertiary/aromatic N) is 5. The third-order valence-corrected chi connectivity index (χ3v) is 4.79. The van der Waals surface area contributed by atoms with Crippen LogP contribution in [-0.4, -0.2) is 26.9 Å². The van der Waals surface area contributed by atoms with Gasteiger partial charge in [-0.05, 0) is 36.8 Å². The second-order valence-electron chi connectivity index (χ2n) is 6.80. The number of hydrogen-bond donors (Lipinski definition) is 0. The van der Waals surface area contributed by atoms with Crippen LogP contribution in [0.4, 0.5) is 8.78 Å². The highest BCUT2D eigenvalue weighted by Crippen LogP contribution is 2.38. The highest BCUT2D eigenvalue weighted by atomic mass is 35.5. The number of hydrogen-bond acceptors (Lipinski definition) is 7. The molecule has 0 aliphatic carbocycles. The van der Waals surface area contributed by atoms with E-state index in [1.54, 1.807) is 0 Å². The van der Waals surface area contributed by atoms with Crippen LogP contribution in [0.1, 0.15) is 23.7 Å². The predicted molar refractivity (Wildman–Crippen MR) is 116 cm³/mol. The van der Waals surface area contributed by atoms with E-state index in [-0.39, 0.29) is 33.9 Å². The van der Waals surface area contributed by atoms with E-state index in [2.05, 4.69) is 21.8 Å². The summed E-state index contributed by atoms with van der Waals surface area (Å²) in [5, 5.41) is 16.7. The summed E-state index contributed by atoms with van der Waals surface area (Å²) in [5.74, 6) is -4.45. The first kappa shape index (κ1) is 24.1. The number of benzene rings is 1. The van der Waals surface area contributed by atoms with Crippen LogP contribution in [0, 0.1) is 11.3 Å². The molecule has 0 aliphatic rings. The zero-order valence-electron chi connectivity index (χ0n) is 17.3. The van der Waals surface area contributed by atoms with Crippen molar-refractivity contribution in [3.63, 3.8) is 0 Å². The molecule has 1 aromatic carbocycles. The molecular weight excluding hydrogens is 479 g/mol. The molecule has 0 spiro atoms. The zero-order valence-corrected chi connectivity index (χ0v) is 18.8. The Morgan fingerprint density at radius 3 is 2.64 bits per heavy atom. The molecule has 0 amide bonds. The van der Waals surface area contributed by atoms with E-state index < -0.39 is 28.5 Å². The third kappa shape index (κ3) is 5.10. The van der Waals surface area contributed by atoms with E-state index in [0.29, 0.717) is 5.56 Å². The van der Waals surface area contributed by atoms with E-state index >= 15 is 0 Å². The Hall–Kier alpha value is -3.55. The normalized spacial score (nSPS) is 11.1. The summed E-state index contributed by atoms with van der Waals surface area (Å²) in [7, 11) is 1.35. The van der Waals surface area contributed by atoms with Gasteiger partial charge in [0.05, 0.1) is 31.6 Å². The number of ether oxygens (including phenoxy) is 2. The average Bonchev–Trinajstić information content (AvgIpc) is 2.76. The Bertz CT molecular complexity index is 1340. The first-order chi connectivity index (χ1) is 15.6. The zero-order chi connectivity index (χ0) is 24.3. The largest absolute Gasteiger partial charge is 0.480 e. The highest BCUT2D eigenvalue weighted by Gasteiger charge is 2.39. The molecule has 0 bridgehead atoms. The third-order valence-electron chi connectivity index (χ3n) is 4.39. The van der Waals surface area contributed by atoms with Crippen LogP contribution in [0.5, 0.6) is 17.4 Å². The molecule has 0 unspecified atom stereocenters. The molecule has 0 N–H and O–H groups in total. The molecule has 0 radical (unpaired) electrons. The Morgan fingerprint density at radius 1 is 1.27 bits per heavy atom. The lowest BCUT2D eigenvalue weighted by Crippen LogP contribution is -2.28. The summed E-state index contributed by atoms with van der Waals surface area (Å²) < 4.78 is 41.3. The van der Waals surface area contributed by atoms with Crippen LogP contribution in [0.15, 0.2) is 47.5 Å². The van der Waals surface area contributed by atoms with Gasteiger partial charge in [-0.15, -0.1) is 10.2 Å². The summed E-state index contributed by atoms with van der Waals surface area (Å²) in [6.45, 7) is 4.19. The van der Waals surface area contributed by atoms with Gasteiger partial charge < -0.3 is 9.47 Å². The van der Waals surface area contributed by atoms with Crippen molar-refractivity contribution in [1.82, 2.24) is 19.7 Å². The van der Waals surface area contributed by atoms with Crippen LogP contribution < -0.4 is 15.0 Å². The van der Waals surface area contributed by atoms with Crippen molar-refractivity contribution in [3.05, 3.63) is 80.1 Å². The van der Waals surface area contributed by atoms with Gasteiger partial charge in [-0.1, -0.05) is 29.8 Å². The Balaban J connectivity index is 2.18. The number of nitriles is 1. The molecule has 0 saturated carbocycles. The minimum Gasteiger partial charge on any atom is -0.480 e. The molecule has 3 aromatic rings. The van der Waals surface area contributed by atoms with Crippen molar-refractivity contribution in [2.45, 2.75) is 19.4 Å². The summed E-state index contributed by atoms with van der Waals surface area (Å²) in [4.78, 5) is 17.0. The Morgan fingerprint density at radius 2 is 2.00 bits per heavy atom. The van der Waals surface area contributed by atoms with Crippen LogP contribution in [0.2, 0.25) is 10.2 Å². The molecule has 170 valence electrons. The van der Waals surface area contributed by atoms with Gasteiger partial charge in [0.25, 0.3) is 5.56 Å². The lowest BCUT2D eigenvalue weighted by Gasteiger charge is -2.20. The molecule has 2 aromatic heterocycles. The van der Waals surface area contributed by atoms with Gasteiger partial charge in [-0.2, -0.15) is 14.0 Å². The molecule has 2 heterocycles. The minimum atomic E-state index is -3.68. The lowest BCUT2D eigenvalue weighted by atomic mass is 10.1. The van der Waals surface area contributed by atoms with E-state index in [0.717, 1.165) is 17.8 Å². The summed E-state index contributed by atoms with van der Waals surface area (Å²) >= 11 is 11.8. The predicted octanol–water partition coefficient (Wildman–Crippen LogP) is 4.73. The van der Waals surface area contributed by atoms with Crippen LogP contribution in [-0.2, 0) is 12.5 Å². The van der Waals surface area contributed by atoms with Crippen LogP contribution >= 0.6 is 23.2 Å². The minimum absolute atomic E-state index is 0.0386. The monoisotopic (exact) mass is 493 g/mol. The number of aromatic nitrogens is 4. The quantitative estimate of drug-likeness (QED) is 0.438. The highest BCUT2D eigenvalue weighted by molar-refractivity contribution is 6.30. The van der Waals surface area contributed by atoms with Crippen molar-refractivity contribution in [1.29, 1.82) is 5.26 Å². The summed E-state index contributed by atoms with van der Waals surface area (Å²) in [6.07, 6.45) is 0.938. The number of allylic oxidation sites excluding steroid dienone is 1. The van der Waals surface area contributed by atoms with Crippen LogP contribution in [0.3, 0.4) is 0 Å². The SMILES string of the molecule is C=C(C)C(F)(F)c1ncn(Cc2cc(Cl)nnc2OC)c(=O)c1Oc1cc(Cl)cc(C#N)c1. The average molecular weight is 494 g/mol. The fraction of sp³-hybridized carbons (Fsp3) is 0.190. The molecule has 12 heteroatoms. The topological polar surface area (TPSA) is 103 Å². The van der Waals surface area contributed by atoms with E-state index in [4.69, 9.17) is 37.9 Å². The molecule has 0 saturated heterocycles. The standard InChI is InChI=1S/C21H15Cl2F2N5O3/c1-11(2)21(24,25)18-17(33-15-5-12(8-26)4-14(22)7-15)20(31)30(10-27-18)9-13-6-16(23)28-29-19(13)32-3/h4-7,10H,1,9H2,2-3H3. The maximum Gasteiger partial charge on any atom is 0.314 e. The lowest BCUT2D eigenvalue weighted by molar-refractivity contribution is 0.0309. The van der Waals surface area contributed by atoms with Gasteiger partial charge in [-0.25, -0.2) is 4.98 Å². The van der Waals surface area contributed by atoms with Crippen molar-refractivity contribution in [3.8, 4) is 23.4 Å². The molecule has 0 atom stereocenters. The van der Waals surface area contributed by atoms with Crippen LogP contribution in [0.25, 0.3) is 0 Å². The second kappa shape index (κ2) is 9.52. The smallest absolute Gasteiger partial charge is 0.314 e. The molecule has 0 aliphatic heterocycles. The van der Waals surface area contributed by atoms with Gasteiger partial charge in [0, 0.05) is 10.6 Å². The van der Waals surface area contributed by atoms with E-state index in [9.17, 15) is 13.6 Å². The molecule has 0 fully saturated rings. The number of halogens is 4. The number of rotatable bonds is 7. The molecule has 33 heavy (non-hydrogen) atoms. The Kier molecular flexibility index (Phi) is 6.95. The first-order valence-corrected chi connectivity index (χ1v) is 9.90. The van der Waals surface area contributed by atoms with Gasteiger partial charge in [0.2, 0.25) is 11.6 Å². The van der Waals surface area contributed by atoms with Gasteiger partial charge >= 0.3 is 5.92 Å². The van der Waals surface area contributed by atoms with Gasteiger partial charge in [0.15, 0.2) is 10.8 Å². The maximum absolute atomic E-state index is 14.9.